The van der Waals surface area contributed by atoms with E-state index in [0.29, 0.717) is 24.9 Å². The van der Waals surface area contributed by atoms with E-state index in [1.165, 1.54) is 19.4 Å². The molecule has 0 aliphatic heterocycles. The lowest BCUT2D eigenvalue weighted by Gasteiger charge is -2.71. The smallest absolute Gasteiger partial charge is 0.312 e. The van der Waals surface area contributed by atoms with Crippen LogP contribution < -0.4 is 0 Å². The van der Waals surface area contributed by atoms with Crippen LogP contribution in [0.4, 0.5) is 0 Å². The van der Waals surface area contributed by atoms with E-state index in [0.717, 1.165) is 57.8 Å². The van der Waals surface area contributed by atoms with Crippen LogP contribution in [0.1, 0.15) is 133 Å². The molecule has 0 spiro atoms. The summed E-state index contributed by atoms with van der Waals surface area (Å²) in [7, 11) is 0. The van der Waals surface area contributed by atoms with Crippen LogP contribution in [0, 0.1) is 50.2 Å². The summed E-state index contributed by atoms with van der Waals surface area (Å²) >= 11 is 0. The monoisotopic (exact) mass is 598 g/mol. The van der Waals surface area contributed by atoms with Gasteiger partial charge in [-0.1, -0.05) is 67.0 Å². The van der Waals surface area contributed by atoms with Gasteiger partial charge in [-0.3, -0.25) is 14.4 Å². The van der Waals surface area contributed by atoms with Crippen LogP contribution in [-0.4, -0.2) is 36.7 Å². The fraction of sp³-hybridized carbons (Fsp3) is 0.865. The van der Waals surface area contributed by atoms with Crippen molar-refractivity contribution in [1.29, 1.82) is 0 Å². The molecule has 0 bridgehead atoms. The van der Waals surface area contributed by atoms with Crippen molar-refractivity contribution in [3.8, 4) is 0 Å². The summed E-state index contributed by atoms with van der Waals surface area (Å²) in [5.74, 6) is 0.320. The SMILES string of the molecule is CCCOC(=O)[C@]12CCC(C)(C)C[C@@H]1C1=CC[C@@H]3[C@@]4(C)C[C@H](OC(C)=O)[C@H](OC(C)=O)C(C)(C)[C@@H]4CC[C@@]3(C)[C@]1(C)CC2. The van der Waals surface area contributed by atoms with Crippen LogP contribution in [0.2, 0.25) is 0 Å². The quantitative estimate of drug-likeness (QED) is 0.180. The molecule has 0 N–H and O–H groups in total. The summed E-state index contributed by atoms with van der Waals surface area (Å²) in [6.45, 7) is 22.1. The standard InChI is InChI=1S/C37H58O6/c1-11-20-41-31(40)37-18-16-32(4,5)21-26(37)25-12-13-29-34(8)22-27(42-23(2)38)30(43-24(3)39)33(6,7)28(34)14-15-36(29,10)35(25,9)17-19-37/h12,26-30H,11,13-22H2,1-10H3/t26-,27+,28+,29-,30+,34+,35-,36-,37+/m1/s1. The van der Waals surface area contributed by atoms with Gasteiger partial charge in [-0.05, 0) is 104 Å². The molecule has 0 aromatic rings. The van der Waals surface area contributed by atoms with E-state index in [4.69, 9.17) is 14.2 Å². The summed E-state index contributed by atoms with van der Waals surface area (Å²) in [6, 6.07) is 0. The normalized spacial score (nSPS) is 44.3. The van der Waals surface area contributed by atoms with Gasteiger partial charge in [0.15, 0.2) is 0 Å². The number of fused-ring (bicyclic) bond motifs is 7. The van der Waals surface area contributed by atoms with Gasteiger partial charge in [0, 0.05) is 19.3 Å². The molecule has 43 heavy (non-hydrogen) atoms. The van der Waals surface area contributed by atoms with Crippen LogP contribution >= 0.6 is 0 Å². The van der Waals surface area contributed by atoms with Gasteiger partial charge < -0.3 is 14.2 Å². The molecule has 9 atom stereocenters. The molecule has 6 nitrogen and oxygen atoms in total. The highest BCUT2D eigenvalue weighted by Gasteiger charge is 2.71. The molecule has 242 valence electrons. The molecule has 4 saturated carbocycles. The summed E-state index contributed by atoms with van der Waals surface area (Å²) < 4.78 is 17.9. The van der Waals surface area contributed by atoms with Gasteiger partial charge in [-0.25, -0.2) is 0 Å². The number of esters is 3. The first-order valence-corrected chi connectivity index (χ1v) is 17.1. The number of rotatable bonds is 5. The maximum absolute atomic E-state index is 13.9. The molecule has 4 fully saturated rings. The first kappa shape index (κ1) is 32.5. The van der Waals surface area contributed by atoms with Crippen LogP contribution in [0.25, 0.3) is 0 Å². The lowest BCUT2D eigenvalue weighted by atomic mass is 9.33. The van der Waals surface area contributed by atoms with Crippen LogP contribution in [0.3, 0.4) is 0 Å². The minimum atomic E-state index is -0.468. The van der Waals surface area contributed by atoms with E-state index in [1.807, 2.05) is 0 Å². The summed E-state index contributed by atoms with van der Waals surface area (Å²) in [6.07, 6.45) is 11.2. The Kier molecular flexibility index (Phi) is 8.03. The Morgan fingerprint density at radius 3 is 2.12 bits per heavy atom. The third kappa shape index (κ3) is 4.82. The largest absolute Gasteiger partial charge is 0.465 e. The average molecular weight is 599 g/mol. The lowest BCUT2D eigenvalue weighted by Crippen LogP contribution is -2.67. The molecular weight excluding hydrogens is 540 g/mol. The van der Waals surface area contributed by atoms with E-state index in [-0.39, 0.29) is 50.9 Å². The van der Waals surface area contributed by atoms with Crippen molar-refractivity contribution in [2.75, 3.05) is 6.61 Å². The average Bonchev–Trinajstić information content (AvgIpc) is 2.89. The highest BCUT2D eigenvalue weighted by Crippen LogP contribution is 2.76. The third-order valence-corrected chi connectivity index (χ3v) is 14.0. The minimum Gasteiger partial charge on any atom is -0.465 e. The number of carbonyl (C=O) groups is 3. The first-order valence-electron chi connectivity index (χ1n) is 17.1. The van der Waals surface area contributed by atoms with Crippen molar-refractivity contribution in [1.82, 2.24) is 0 Å². The molecule has 5 aliphatic rings. The van der Waals surface area contributed by atoms with E-state index in [2.05, 4.69) is 61.5 Å². The fourth-order valence-electron chi connectivity index (χ4n) is 11.8. The van der Waals surface area contributed by atoms with Crippen LogP contribution in [-0.2, 0) is 28.6 Å². The van der Waals surface area contributed by atoms with Crippen molar-refractivity contribution >= 4 is 17.9 Å². The van der Waals surface area contributed by atoms with Crippen LogP contribution in [0.15, 0.2) is 11.6 Å². The summed E-state index contributed by atoms with van der Waals surface area (Å²) in [4.78, 5) is 38.5. The molecule has 6 heteroatoms. The summed E-state index contributed by atoms with van der Waals surface area (Å²) in [5, 5.41) is 0. The molecular formula is C37H58O6. The van der Waals surface area contributed by atoms with E-state index < -0.39 is 17.6 Å². The van der Waals surface area contributed by atoms with Gasteiger partial charge in [-0.15, -0.1) is 0 Å². The highest BCUT2D eigenvalue weighted by atomic mass is 16.6. The van der Waals surface area contributed by atoms with Crippen LogP contribution in [0.5, 0.6) is 0 Å². The molecule has 0 radical (unpaired) electrons. The topological polar surface area (TPSA) is 78.9 Å². The van der Waals surface area contributed by atoms with Gasteiger partial charge in [0.05, 0.1) is 12.0 Å². The number of hydrogen-bond donors (Lipinski definition) is 0. The van der Waals surface area contributed by atoms with Crippen molar-refractivity contribution in [2.24, 2.45) is 50.2 Å². The van der Waals surface area contributed by atoms with Gasteiger partial charge in [0.1, 0.15) is 12.2 Å². The van der Waals surface area contributed by atoms with Gasteiger partial charge in [0.2, 0.25) is 0 Å². The Balaban J connectivity index is 1.57. The number of carbonyl (C=O) groups excluding carboxylic acids is 3. The third-order valence-electron chi connectivity index (χ3n) is 14.0. The molecule has 5 rings (SSSR count). The zero-order valence-electron chi connectivity index (χ0n) is 28.7. The number of ether oxygens (including phenoxy) is 3. The van der Waals surface area contributed by atoms with Gasteiger partial charge >= 0.3 is 17.9 Å². The van der Waals surface area contributed by atoms with Crippen molar-refractivity contribution in [3.63, 3.8) is 0 Å². The van der Waals surface area contributed by atoms with Crippen molar-refractivity contribution < 1.29 is 28.6 Å². The Morgan fingerprint density at radius 1 is 0.837 bits per heavy atom. The second-order valence-corrected chi connectivity index (χ2v) is 17.2. The second kappa shape index (κ2) is 10.6. The highest BCUT2D eigenvalue weighted by molar-refractivity contribution is 5.79. The lowest BCUT2D eigenvalue weighted by molar-refractivity contribution is -0.244. The number of allylic oxidation sites excluding steroid dienone is 2. The Labute approximate surface area is 260 Å². The maximum Gasteiger partial charge on any atom is 0.312 e. The minimum absolute atomic E-state index is 0.0235. The Morgan fingerprint density at radius 2 is 1.49 bits per heavy atom. The van der Waals surface area contributed by atoms with Gasteiger partial charge in [-0.2, -0.15) is 0 Å². The molecule has 0 heterocycles. The molecule has 0 aromatic heterocycles. The maximum atomic E-state index is 13.9. The first-order chi connectivity index (χ1) is 19.9. The molecule has 0 aromatic carbocycles. The Hall–Kier alpha value is -1.85. The number of hydrogen-bond acceptors (Lipinski definition) is 6. The zero-order valence-corrected chi connectivity index (χ0v) is 28.7. The van der Waals surface area contributed by atoms with E-state index in [9.17, 15) is 14.4 Å². The van der Waals surface area contributed by atoms with Gasteiger partial charge in [0.25, 0.3) is 0 Å². The molecule has 5 aliphatic carbocycles. The predicted octanol–water partition coefficient (Wildman–Crippen LogP) is 8.21. The fourth-order valence-corrected chi connectivity index (χ4v) is 11.8. The predicted molar refractivity (Wildman–Crippen MR) is 167 cm³/mol. The second-order valence-electron chi connectivity index (χ2n) is 17.2. The zero-order chi connectivity index (χ0) is 31.8. The van der Waals surface area contributed by atoms with E-state index in [1.54, 1.807) is 0 Å². The molecule has 0 saturated heterocycles. The van der Waals surface area contributed by atoms with Crippen molar-refractivity contribution in [3.05, 3.63) is 11.6 Å². The van der Waals surface area contributed by atoms with E-state index >= 15 is 0 Å². The molecule has 0 unspecified atom stereocenters. The summed E-state index contributed by atoms with van der Waals surface area (Å²) in [5.41, 5.74) is 0.868. The Bertz CT molecular complexity index is 1180. The van der Waals surface area contributed by atoms with Crippen molar-refractivity contribution in [2.45, 2.75) is 146 Å². The molecule has 0 amide bonds.